The lowest BCUT2D eigenvalue weighted by molar-refractivity contribution is -0.139. The molecule has 0 aliphatic rings. The van der Waals surface area contributed by atoms with Gasteiger partial charge in [0.15, 0.2) is 0 Å². The van der Waals surface area contributed by atoms with E-state index in [-0.39, 0.29) is 12.5 Å². The second kappa shape index (κ2) is 11.0. The van der Waals surface area contributed by atoms with Gasteiger partial charge in [-0.25, -0.2) is 5.43 Å². The molecule has 2 aromatic carbocycles. The second-order valence-electron chi connectivity index (χ2n) is 6.52. The van der Waals surface area contributed by atoms with Gasteiger partial charge in [-0.05, 0) is 41.8 Å². The molecule has 0 spiro atoms. The van der Waals surface area contributed by atoms with Crippen molar-refractivity contribution in [2.75, 3.05) is 6.54 Å². The lowest BCUT2D eigenvalue weighted by Gasteiger charge is -2.10. The number of ether oxygens (including phenoxy) is 1. The molecule has 0 atom stereocenters. The predicted molar refractivity (Wildman–Crippen MR) is 116 cm³/mol. The standard InChI is InChI=1S/C20H20Cl3N3O3/c1-12(2)9-24-19(27)20(28)26-25-10-14-8-15(21)4-6-18(14)29-11-13-3-5-16(22)17(23)7-13/h3-8,10,12H,9,11H2,1-2H3,(H,24,27)(H,26,28)/b25-10-. The van der Waals surface area contributed by atoms with Gasteiger partial charge in [-0.3, -0.25) is 9.59 Å². The van der Waals surface area contributed by atoms with Gasteiger partial charge in [0, 0.05) is 17.1 Å². The first-order valence-corrected chi connectivity index (χ1v) is 9.87. The maximum atomic E-state index is 11.8. The Morgan fingerprint density at radius 3 is 2.52 bits per heavy atom. The van der Waals surface area contributed by atoms with E-state index in [0.717, 1.165) is 5.56 Å². The Kier molecular flexibility index (Phi) is 8.76. The minimum absolute atomic E-state index is 0.233. The van der Waals surface area contributed by atoms with Crippen molar-refractivity contribution in [2.45, 2.75) is 20.5 Å². The maximum absolute atomic E-state index is 11.8. The van der Waals surface area contributed by atoms with Crippen LogP contribution in [0.3, 0.4) is 0 Å². The zero-order valence-corrected chi connectivity index (χ0v) is 18.1. The monoisotopic (exact) mass is 455 g/mol. The smallest absolute Gasteiger partial charge is 0.329 e. The number of nitrogens with zero attached hydrogens (tertiary/aromatic N) is 1. The summed E-state index contributed by atoms with van der Waals surface area (Å²) in [5.74, 6) is -0.889. The van der Waals surface area contributed by atoms with Crippen LogP contribution in [0.15, 0.2) is 41.5 Å². The number of nitrogens with one attached hydrogen (secondary N) is 2. The van der Waals surface area contributed by atoms with Crippen LogP contribution in [-0.2, 0) is 16.2 Å². The molecule has 0 aliphatic heterocycles. The van der Waals surface area contributed by atoms with Crippen LogP contribution in [0.1, 0.15) is 25.0 Å². The molecule has 2 N–H and O–H groups in total. The normalized spacial score (nSPS) is 11.0. The molecule has 0 aromatic heterocycles. The van der Waals surface area contributed by atoms with Crippen molar-refractivity contribution in [3.05, 3.63) is 62.6 Å². The van der Waals surface area contributed by atoms with Gasteiger partial charge in [-0.15, -0.1) is 0 Å². The Morgan fingerprint density at radius 2 is 1.83 bits per heavy atom. The van der Waals surface area contributed by atoms with Crippen molar-refractivity contribution in [3.8, 4) is 5.75 Å². The van der Waals surface area contributed by atoms with Gasteiger partial charge in [-0.1, -0.05) is 54.7 Å². The fraction of sp³-hybridized carbons (Fsp3) is 0.250. The summed E-state index contributed by atoms with van der Waals surface area (Å²) >= 11 is 18.0. The molecule has 0 saturated carbocycles. The van der Waals surface area contributed by atoms with Crippen molar-refractivity contribution >= 4 is 52.8 Å². The predicted octanol–water partition coefficient (Wildman–Crippen LogP) is 4.45. The summed E-state index contributed by atoms with van der Waals surface area (Å²) in [6.45, 7) is 4.49. The summed E-state index contributed by atoms with van der Waals surface area (Å²) in [5, 5.41) is 7.68. The van der Waals surface area contributed by atoms with E-state index >= 15 is 0 Å². The van der Waals surface area contributed by atoms with Gasteiger partial charge in [0.1, 0.15) is 12.4 Å². The lowest BCUT2D eigenvalue weighted by Crippen LogP contribution is -2.39. The average Bonchev–Trinajstić information content (AvgIpc) is 2.67. The Morgan fingerprint density at radius 1 is 1.07 bits per heavy atom. The quantitative estimate of drug-likeness (QED) is 0.367. The van der Waals surface area contributed by atoms with Crippen LogP contribution in [0.5, 0.6) is 5.75 Å². The number of halogens is 3. The van der Waals surface area contributed by atoms with Gasteiger partial charge in [-0.2, -0.15) is 5.10 Å². The molecular formula is C20H20Cl3N3O3. The number of hydrogen-bond donors (Lipinski definition) is 2. The van der Waals surface area contributed by atoms with Crippen molar-refractivity contribution in [1.29, 1.82) is 0 Å². The van der Waals surface area contributed by atoms with E-state index < -0.39 is 11.8 Å². The van der Waals surface area contributed by atoms with Gasteiger partial charge in [0.25, 0.3) is 0 Å². The average molecular weight is 457 g/mol. The number of carbonyl (C=O) groups excluding carboxylic acids is 2. The first-order valence-electron chi connectivity index (χ1n) is 8.73. The molecule has 0 aliphatic carbocycles. The molecule has 2 rings (SSSR count). The first-order chi connectivity index (χ1) is 13.8. The maximum Gasteiger partial charge on any atom is 0.329 e. The Balaban J connectivity index is 2.02. The minimum Gasteiger partial charge on any atom is -0.488 e. The van der Waals surface area contributed by atoms with Crippen molar-refractivity contribution in [3.63, 3.8) is 0 Å². The summed E-state index contributed by atoms with van der Waals surface area (Å²) in [6.07, 6.45) is 1.35. The van der Waals surface area contributed by atoms with Crippen molar-refractivity contribution < 1.29 is 14.3 Å². The summed E-state index contributed by atoms with van der Waals surface area (Å²) in [5.41, 5.74) is 3.53. The molecular weight excluding hydrogens is 437 g/mol. The first kappa shape index (κ1) is 23.0. The zero-order chi connectivity index (χ0) is 21.4. The fourth-order valence-electron chi connectivity index (χ4n) is 2.13. The highest BCUT2D eigenvalue weighted by atomic mass is 35.5. The molecule has 0 unspecified atom stereocenters. The Hall–Kier alpha value is -2.28. The molecule has 154 valence electrons. The van der Waals surface area contributed by atoms with Crippen molar-refractivity contribution in [2.24, 2.45) is 11.0 Å². The number of hydrazone groups is 1. The highest BCUT2D eigenvalue weighted by Gasteiger charge is 2.12. The van der Waals surface area contributed by atoms with Crippen LogP contribution in [0, 0.1) is 5.92 Å². The van der Waals surface area contributed by atoms with E-state index in [2.05, 4.69) is 15.8 Å². The molecule has 29 heavy (non-hydrogen) atoms. The fourth-order valence-corrected chi connectivity index (χ4v) is 2.63. The summed E-state index contributed by atoms with van der Waals surface area (Å²) < 4.78 is 5.80. The molecule has 0 saturated heterocycles. The molecule has 2 aromatic rings. The topological polar surface area (TPSA) is 79.8 Å². The third-order valence-electron chi connectivity index (χ3n) is 3.60. The summed E-state index contributed by atoms with van der Waals surface area (Å²) in [4.78, 5) is 23.4. The van der Waals surface area contributed by atoms with E-state index in [1.165, 1.54) is 6.21 Å². The lowest BCUT2D eigenvalue weighted by atomic mass is 10.2. The van der Waals surface area contributed by atoms with Gasteiger partial charge < -0.3 is 10.1 Å². The van der Waals surface area contributed by atoms with E-state index in [1.54, 1.807) is 36.4 Å². The molecule has 0 fully saturated rings. The highest BCUT2D eigenvalue weighted by molar-refractivity contribution is 6.42. The highest BCUT2D eigenvalue weighted by Crippen LogP contribution is 2.25. The van der Waals surface area contributed by atoms with Gasteiger partial charge in [0.2, 0.25) is 0 Å². The number of carbonyl (C=O) groups is 2. The van der Waals surface area contributed by atoms with Crippen LogP contribution in [0.25, 0.3) is 0 Å². The Bertz CT molecular complexity index is 917. The van der Waals surface area contributed by atoms with Crippen molar-refractivity contribution in [1.82, 2.24) is 10.7 Å². The number of benzene rings is 2. The number of rotatable bonds is 7. The van der Waals surface area contributed by atoms with Gasteiger partial charge >= 0.3 is 11.8 Å². The third kappa shape index (κ3) is 7.57. The van der Waals surface area contributed by atoms with E-state index in [1.807, 2.05) is 13.8 Å². The second-order valence-corrected chi connectivity index (χ2v) is 7.77. The summed E-state index contributed by atoms with van der Waals surface area (Å²) in [6, 6.07) is 10.2. The molecule has 0 bridgehead atoms. The van der Waals surface area contributed by atoms with Crippen LogP contribution in [0.4, 0.5) is 0 Å². The Labute approximate surface area is 184 Å². The minimum atomic E-state index is -0.859. The van der Waals surface area contributed by atoms with Crippen LogP contribution < -0.4 is 15.5 Å². The molecule has 9 heteroatoms. The zero-order valence-electron chi connectivity index (χ0n) is 15.8. The largest absolute Gasteiger partial charge is 0.488 e. The van der Waals surface area contributed by atoms with E-state index in [0.29, 0.717) is 32.9 Å². The van der Waals surface area contributed by atoms with Crippen LogP contribution in [0.2, 0.25) is 15.1 Å². The van der Waals surface area contributed by atoms with Crippen LogP contribution in [-0.4, -0.2) is 24.6 Å². The molecule has 6 nitrogen and oxygen atoms in total. The molecule has 2 amide bonds. The molecule has 0 heterocycles. The van der Waals surface area contributed by atoms with E-state index in [4.69, 9.17) is 39.5 Å². The third-order valence-corrected chi connectivity index (χ3v) is 4.57. The SMILES string of the molecule is CC(C)CNC(=O)C(=O)N/N=C\c1cc(Cl)ccc1OCc1ccc(Cl)c(Cl)c1. The van der Waals surface area contributed by atoms with Crippen LogP contribution >= 0.6 is 34.8 Å². The number of amides is 2. The number of hydrogen-bond acceptors (Lipinski definition) is 4. The van der Waals surface area contributed by atoms with Gasteiger partial charge in [0.05, 0.1) is 16.3 Å². The summed E-state index contributed by atoms with van der Waals surface area (Å²) in [7, 11) is 0. The van der Waals surface area contributed by atoms with E-state index in [9.17, 15) is 9.59 Å². The molecule has 0 radical (unpaired) electrons.